The second kappa shape index (κ2) is 11.2. The van der Waals surface area contributed by atoms with Crippen molar-refractivity contribution in [2.45, 2.75) is 32.7 Å². The summed E-state index contributed by atoms with van der Waals surface area (Å²) in [4.78, 5) is 9.17. The Morgan fingerprint density at radius 2 is 1.88 bits per heavy atom. The van der Waals surface area contributed by atoms with Crippen molar-refractivity contribution < 1.29 is 4.74 Å². The van der Waals surface area contributed by atoms with Crippen molar-refractivity contribution in [2.75, 3.05) is 54.0 Å². The molecule has 1 aliphatic heterocycles. The van der Waals surface area contributed by atoms with Crippen molar-refractivity contribution in [1.82, 2.24) is 15.1 Å². The maximum atomic E-state index is 5.18. The van der Waals surface area contributed by atoms with E-state index in [0.717, 1.165) is 44.5 Å². The fourth-order valence-electron chi connectivity index (χ4n) is 3.48. The molecule has 0 aromatic heterocycles. The van der Waals surface area contributed by atoms with Gasteiger partial charge < -0.3 is 19.9 Å². The van der Waals surface area contributed by atoms with Crippen LogP contribution in [0.4, 0.5) is 0 Å². The number of aryl methyl sites for hydroxylation is 1. The number of nitrogens with one attached hydrogen (secondary N) is 1. The number of nitrogens with zero attached hydrogens (tertiary/aromatic N) is 3. The van der Waals surface area contributed by atoms with Gasteiger partial charge in [0.1, 0.15) is 0 Å². The van der Waals surface area contributed by atoms with Gasteiger partial charge in [-0.3, -0.25) is 4.99 Å². The number of likely N-dealkylation sites (tertiary alicyclic amines) is 1. The number of methoxy groups -OCH3 is 1. The zero-order valence-corrected chi connectivity index (χ0v) is 17.0. The van der Waals surface area contributed by atoms with Crippen LogP contribution in [0.15, 0.2) is 29.3 Å². The minimum absolute atomic E-state index is 0.725. The number of aliphatic imine (C=N–C) groups is 1. The molecule has 0 spiro atoms. The van der Waals surface area contributed by atoms with Gasteiger partial charge in [0.2, 0.25) is 0 Å². The summed E-state index contributed by atoms with van der Waals surface area (Å²) in [6.45, 7) is 8.30. The molecule has 1 N–H and O–H groups in total. The van der Waals surface area contributed by atoms with Gasteiger partial charge in [-0.05, 0) is 49.4 Å². The lowest BCUT2D eigenvalue weighted by molar-refractivity contribution is 0.120. The van der Waals surface area contributed by atoms with E-state index in [-0.39, 0.29) is 0 Å². The van der Waals surface area contributed by atoms with Crippen molar-refractivity contribution in [1.29, 1.82) is 0 Å². The molecule has 1 fully saturated rings. The molecule has 5 heteroatoms. The molecule has 0 aliphatic carbocycles. The Hall–Kier alpha value is -1.59. The standard InChI is InChI=1S/C21H36N4O/c1-5-18-6-8-20(9-7-18)17-24(3)21(22-2)23-16-19-10-12-25(13-11-19)14-15-26-4/h6-9,19H,5,10-17H2,1-4H3,(H,22,23). The van der Waals surface area contributed by atoms with Gasteiger partial charge in [-0.15, -0.1) is 0 Å². The van der Waals surface area contributed by atoms with E-state index in [1.807, 2.05) is 7.05 Å². The molecule has 0 atom stereocenters. The summed E-state index contributed by atoms with van der Waals surface area (Å²) >= 11 is 0. The van der Waals surface area contributed by atoms with Crippen LogP contribution in [-0.4, -0.2) is 69.8 Å². The summed E-state index contributed by atoms with van der Waals surface area (Å²) in [5.74, 6) is 1.70. The second-order valence-electron chi connectivity index (χ2n) is 7.23. The molecule has 1 heterocycles. The molecule has 26 heavy (non-hydrogen) atoms. The number of piperidine rings is 1. The van der Waals surface area contributed by atoms with Crippen LogP contribution < -0.4 is 5.32 Å². The summed E-state index contributed by atoms with van der Waals surface area (Å²) in [7, 11) is 5.75. The van der Waals surface area contributed by atoms with Crippen LogP contribution in [0.25, 0.3) is 0 Å². The van der Waals surface area contributed by atoms with E-state index in [2.05, 4.69) is 58.3 Å². The van der Waals surface area contributed by atoms with Crippen molar-refractivity contribution in [2.24, 2.45) is 10.9 Å². The number of hydrogen-bond acceptors (Lipinski definition) is 3. The average molecular weight is 361 g/mol. The molecule has 5 nitrogen and oxygen atoms in total. The Kier molecular flexibility index (Phi) is 8.92. The van der Waals surface area contributed by atoms with Gasteiger partial charge in [-0.25, -0.2) is 0 Å². The van der Waals surface area contributed by atoms with E-state index in [1.165, 1.54) is 37.1 Å². The minimum Gasteiger partial charge on any atom is -0.383 e. The highest BCUT2D eigenvalue weighted by Gasteiger charge is 2.19. The molecule has 1 aliphatic rings. The first-order valence-corrected chi connectivity index (χ1v) is 9.87. The molecule has 0 radical (unpaired) electrons. The van der Waals surface area contributed by atoms with E-state index in [4.69, 9.17) is 4.74 Å². The monoisotopic (exact) mass is 360 g/mol. The molecule has 2 rings (SSSR count). The fraction of sp³-hybridized carbons (Fsp3) is 0.667. The van der Waals surface area contributed by atoms with Gasteiger partial charge in [0.15, 0.2) is 5.96 Å². The molecule has 0 saturated carbocycles. The number of benzene rings is 1. The van der Waals surface area contributed by atoms with E-state index in [9.17, 15) is 0 Å². The van der Waals surface area contributed by atoms with Gasteiger partial charge >= 0.3 is 0 Å². The van der Waals surface area contributed by atoms with E-state index in [0.29, 0.717) is 0 Å². The lowest BCUT2D eigenvalue weighted by Crippen LogP contribution is -2.43. The molecular weight excluding hydrogens is 324 g/mol. The fourth-order valence-corrected chi connectivity index (χ4v) is 3.48. The summed E-state index contributed by atoms with van der Waals surface area (Å²) in [6, 6.07) is 8.88. The number of ether oxygens (including phenoxy) is 1. The van der Waals surface area contributed by atoms with Crippen LogP contribution in [0.5, 0.6) is 0 Å². The van der Waals surface area contributed by atoms with Gasteiger partial charge in [-0.1, -0.05) is 31.2 Å². The molecule has 1 saturated heterocycles. The van der Waals surface area contributed by atoms with Crippen LogP contribution >= 0.6 is 0 Å². The van der Waals surface area contributed by atoms with Crippen LogP contribution in [0.3, 0.4) is 0 Å². The molecule has 146 valence electrons. The van der Waals surface area contributed by atoms with Crippen LogP contribution in [0.2, 0.25) is 0 Å². The van der Waals surface area contributed by atoms with E-state index >= 15 is 0 Å². The number of hydrogen-bond donors (Lipinski definition) is 1. The predicted molar refractivity (Wildman–Crippen MR) is 110 cm³/mol. The summed E-state index contributed by atoms with van der Waals surface area (Å²) in [6.07, 6.45) is 3.58. The quantitative estimate of drug-likeness (QED) is 0.571. The smallest absolute Gasteiger partial charge is 0.193 e. The first-order chi connectivity index (χ1) is 12.7. The normalized spacial score (nSPS) is 16.7. The maximum Gasteiger partial charge on any atom is 0.193 e. The lowest BCUT2D eigenvalue weighted by atomic mass is 9.97. The second-order valence-corrected chi connectivity index (χ2v) is 7.23. The number of guanidine groups is 1. The van der Waals surface area contributed by atoms with Crippen molar-refractivity contribution in [3.8, 4) is 0 Å². The Balaban J connectivity index is 1.74. The largest absolute Gasteiger partial charge is 0.383 e. The minimum atomic E-state index is 0.725. The maximum absolute atomic E-state index is 5.18. The first kappa shape index (κ1) is 20.7. The SMILES string of the molecule is CCc1ccc(CN(C)C(=NC)NCC2CCN(CCOC)CC2)cc1. The average Bonchev–Trinajstić information content (AvgIpc) is 2.68. The van der Waals surface area contributed by atoms with Gasteiger partial charge in [0.25, 0.3) is 0 Å². The van der Waals surface area contributed by atoms with E-state index in [1.54, 1.807) is 7.11 Å². The zero-order valence-electron chi connectivity index (χ0n) is 17.0. The Bertz CT molecular complexity index is 535. The third-order valence-electron chi connectivity index (χ3n) is 5.29. The lowest BCUT2D eigenvalue weighted by Gasteiger charge is -2.32. The van der Waals surface area contributed by atoms with Gasteiger partial charge in [0.05, 0.1) is 6.61 Å². The third kappa shape index (κ3) is 6.61. The molecule has 0 bridgehead atoms. The van der Waals surface area contributed by atoms with Crippen molar-refractivity contribution >= 4 is 5.96 Å². The molecular formula is C21H36N4O. The van der Waals surface area contributed by atoms with E-state index < -0.39 is 0 Å². The highest BCUT2D eigenvalue weighted by Crippen LogP contribution is 2.16. The van der Waals surface area contributed by atoms with Crippen molar-refractivity contribution in [3.05, 3.63) is 35.4 Å². The zero-order chi connectivity index (χ0) is 18.8. The first-order valence-electron chi connectivity index (χ1n) is 9.87. The molecule has 1 aromatic rings. The third-order valence-corrected chi connectivity index (χ3v) is 5.29. The molecule has 1 aromatic carbocycles. The summed E-state index contributed by atoms with van der Waals surface area (Å²) in [5.41, 5.74) is 2.70. The molecule has 0 unspecified atom stereocenters. The van der Waals surface area contributed by atoms with Crippen molar-refractivity contribution in [3.63, 3.8) is 0 Å². The summed E-state index contributed by atoms with van der Waals surface area (Å²) < 4.78 is 5.18. The number of rotatable bonds is 8. The molecule has 0 amide bonds. The Labute approximate surface area is 159 Å². The van der Waals surface area contributed by atoms with Crippen LogP contribution in [0, 0.1) is 5.92 Å². The topological polar surface area (TPSA) is 40.1 Å². The Morgan fingerprint density at radius 3 is 2.46 bits per heavy atom. The summed E-state index contributed by atoms with van der Waals surface area (Å²) in [5, 5.41) is 3.57. The van der Waals surface area contributed by atoms with Gasteiger partial charge in [0, 0.05) is 40.8 Å². The Morgan fingerprint density at radius 1 is 1.23 bits per heavy atom. The van der Waals surface area contributed by atoms with Crippen LogP contribution in [-0.2, 0) is 17.7 Å². The van der Waals surface area contributed by atoms with Crippen LogP contribution in [0.1, 0.15) is 30.9 Å². The highest BCUT2D eigenvalue weighted by atomic mass is 16.5. The van der Waals surface area contributed by atoms with Gasteiger partial charge in [-0.2, -0.15) is 0 Å². The predicted octanol–water partition coefficient (Wildman–Crippen LogP) is 2.61. The highest BCUT2D eigenvalue weighted by molar-refractivity contribution is 5.79.